The Balaban J connectivity index is 1.69. The number of carbonyl (C=O) groups excluding carboxylic acids is 2. The highest BCUT2D eigenvalue weighted by Gasteiger charge is 2.54. The molecule has 0 heterocycles. The predicted octanol–water partition coefficient (Wildman–Crippen LogP) is 3.44. The SMILES string of the molecule is [N-]=[N+]=N[C@H]1[C@@H](O)[C@@H](O)[C@H](OCc2ccccc2)[C@@H](OC(=O)c2ccccc2)[C@@H]1OC(=O)c1ccccc1. The molecule has 3 aromatic rings. The zero-order valence-corrected chi connectivity index (χ0v) is 19.6. The molecule has 4 rings (SSSR count). The van der Waals surface area contributed by atoms with Gasteiger partial charge in [0, 0.05) is 4.91 Å². The van der Waals surface area contributed by atoms with E-state index in [2.05, 4.69) is 10.0 Å². The molecule has 10 nitrogen and oxygen atoms in total. The third-order valence-corrected chi connectivity index (χ3v) is 6.00. The summed E-state index contributed by atoms with van der Waals surface area (Å²) in [6, 6.07) is 23.7. The minimum absolute atomic E-state index is 0.000209. The van der Waals surface area contributed by atoms with E-state index in [1.54, 1.807) is 60.7 Å². The molecule has 6 atom stereocenters. The van der Waals surface area contributed by atoms with Crippen molar-refractivity contribution in [1.82, 2.24) is 0 Å². The van der Waals surface area contributed by atoms with Crippen molar-refractivity contribution in [3.05, 3.63) is 118 Å². The van der Waals surface area contributed by atoms with Gasteiger partial charge in [0.05, 0.1) is 23.8 Å². The third kappa shape index (κ3) is 6.14. The first kappa shape index (κ1) is 25.9. The highest BCUT2D eigenvalue weighted by atomic mass is 16.6. The van der Waals surface area contributed by atoms with Crippen LogP contribution in [-0.2, 0) is 20.8 Å². The average molecular weight is 504 g/mol. The van der Waals surface area contributed by atoms with Crippen LogP contribution in [0.15, 0.2) is 96.1 Å². The maximum atomic E-state index is 13.0. The Morgan fingerprint density at radius 2 is 1.22 bits per heavy atom. The molecular formula is C27H25N3O7. The molecule has 10 heteroatoms. The first-order chi connectivity index (χ1) is 18.0. The number of esters is 2. The van der Waals surface area contributed by atoms with Crippen LogP contribution < -0.4 is 0 Å². The molecule has 2 N–H and O–H groups in total. The molecule has 0 unspecified atom stereocenters. The zero-order chi connectivity index (χ0) is 26.2. The van der Waals surface area contributed by atoms with E-state index in [1.807, 2.05) is 6.07 Å². The summed E-state index contributed by atoms with van der Waals surface area (Å²) in [6.07, 6.45) is -7.49. The lowest BCUT2D eigenvalue weighted by Gasteiger charge is -2.44. The number of aliphatic hydroxyl groups is 2. The summed E-state index contributed by atoms with van der Waals surface area (Å²) in [4.78, 5) is 28.7. The monoisotopic (exact) mass is 503 g/mol. The van der Waals surface area contributed by atoms with Crippen LogP contribution in [-0.4, -0.2) is 58.7 Å². The van der Waals surface area contributed by atoms with Gasteiger partial charge in [-0.25, -0.2) is 9.59 Å². The van der Waals surface area contributed by atoms with E-state index in [0.717, 1.165) is 5.56 Å². The molecule has 3 aromatic carbocycles. The number of ether oxygens (including phenoxy) is 3. The second kappa shape index (κ2) is 12.2. The van der Waals surface area contributed by atoms with Crippen LogP contribution in [0, 0.1) is 0 Å². The summed E-state index contributed by atoms with van der Waals surface area (Å²) in [5.74, 6) is -1.57. The molecule has 0 bridgehead atoms. The Morgan fingerprint density at radius 3 is 1.73 bits per heavy atom. The fourth-order valence-corrected chi connectivity index (χ4v) is 4.12. The summed E-state index contributed by atoms with van der Waals surface area (Å²) in [5.41, 5.74) is 10.3. The number of rotatable bonds is 8. The van der Waals surface area contributed by atoms with E-state index in [-0.39, 0.29) is 17.7 Å². The predicted molar refractivity (Wildman–Crippen MR) is 131 cm³/mol. The second-order valence-electron chi connectivity index (χ2n) is 8.41. The van der Waals surface area contributed by atoms with Gasteiger partial charge in [-0.3, -0.25) is 0 Å². The van der Waals surface area contributed by atoms with E-state index in [0.29, 0.717) is 0 Å². The van der Waals surface area contributed by atoms with Crippen LogP contribution in [0.25, 0.3) is 10.4 Å². The first-order valence-corrected chi connectivity index (χ1v) is 11.6. The van der Waals surface area contributed by atoms with Crippen molar-refractivity contribution in [2.24, 2.45) is 5.11 Å². The Kier molecular flexibility index (Phi) is 8.50. The van der Waals surface area contributed by atoms with Crippen LogP contribution in [0.1, 0.15) is 26.3 Å². The summed E-state index contributed by atoms with van der Waals surface area (Å²) in [6.45, 7) is 0.000209. The lowest BCUT2D eigenvalue weighted by molar-refractivity contribution is -0.206. The summed E-state index contributed by atoms with van der Waals surface area (Å²) >= 11 is 0. The quantitative estimate of drug-likeness (QED) is 0.207. The van der Waals surface area contributed by atoms with Gasteiger partial charge in [0.15, 0.2) is 12.2 Å². The zero-order valence-electron chi connectivity index (χ0n) is 19.6. The van der Waals surface area contributed by atoms with Gasteiger partial charge in [0.1, 0.15) is 18.2 Å². The molecule has 1 saturated carbocycles. The van der Waals surface area contributed by atoms with Crippen molar-refractivity contribution in [2.75, 3.05) is 0 Å². The summed E-state index contributed by atoms with van der Waals surface area (Å²) in [5, 5.41) is 25.4. The standard InChI is InChI=1S/C27H25N3O7/c28-30-29-20-21(31)22(32)24(35-16-17-10-4-1-5-11-17)25(37-27(34)19-14-8-3-9-15-19)23(20)36-26(33)18-12-6-2-7-13-18/h1-15,20-25,31-32H,16H2/t20-,21+,22+,23+,24-,25-/m0/s1. The van der Waals surface area contributed by atoms with Crippen LogP contribution in [0.5, 0.6) is 0 Å². The number of carbonyl (C=O) groups is 2. The number of benzene rings is 3. The third-order valence-electron chi connectivity index (χ3n) is 6.00. The molecule has 0 saturated heterocycles. The van der Waals surface area contributed by atoms with Crippen molar-refractivity contribution < 1.29 is 34.0 Å². The number of nitrogens with zero attached hydrogens (tertiary/aromatic N) is 3. The van der Waals surface area contributed by atoms with Gasteiger partial charge in [-0.05, 0) is 35.4 Å². The molecule has 0 amide bonds. The molecule has 37 heavy (non-hydrogen) atoms. The van der Waals surface area contributed by atoms with E-state index in [9.17, 15) is 19.8 Å². The molecule has 0 aromatic heterocycles. The highest BCUT2D eigenvalue weighted by molar-refractivity contribution is 5.90. The van der Waals surface area contributed by atoms with Crippen LogP contribution in [0.2, 0.25) is 0 Å². The summed E-state index contributed by atoms with van der Waals surface area (Å²) < 4.78 is 17.3. The molecule has 190 valence electrons. The normalized spacial score (nSPS) is 24.9. The van der Waals surface area contributed by atoms with Crippen LogP contribution >= 0.6 is 0 Å². The summed E-state index contributed by atoms with van der Waals surface area (Å²) in [7, 11) is 0. The van der Waals surface area contributed by atoms with Gasteiger partial charge in [-0.15, -0.1) is 0 Å². The fraction of sp³-hybridized carbons (Fsp3) is 0.259. The minimum atomic E-state index is -1.67. The lowest BCUT2D eigenvalue weighted by Crippen LogP contribution is -2.65. The molecule has 1 aliphatic rings. The van der Waals surface area contributed by atoms with Crippen molar-refractivity contribution in [1.29, 1.82) is 0 Å². The molecule has 1 aliphatic carbocycles. The second-order valence-corrected chi connectivity index (χ2v) is 8.41. The van der Waals surface area contributed by atoms with Crippen molar-refractivity contribution in [3.8, 4) is 0 Å². The molecule has 0 radical (unpaired) electrons. The Labute approximate surface area is 212 Å². The molecule has 1 fully saturated rings. The van der Waals surface area contributed by atoms with E-state index in [1.165, 1.54) is 24.3 Å². The van der Waals surface area contributed by atoms with E-state index < -0.39 is 48.5 Å². The van der Waals surface area contributed by atoms with Gasteiger partial charge in [-0.2, -0.15) is 0 Å². The van der Waals surface area contributed by atoms with Crippen LogP contribution in [0.4, 0.5) is 0 Å². The van der Waals surface area contributed by atoms with Crippen molar-refractivity contribution in [2.45, 2.75) is 43.2 Å². The topological polar surface area (TPSA) is 151 Å². The Hall–Kier alpha value is -4.21. The Bertz CT molecular complexity index is 1240. The maximum absolute atomic E-state index is 13.0. The van der Waals surface area contributed by atoms with Gasteiger partial charge in [-0.1, -0.05) is 71.8 Å². The minimum Gasteiger partial charge on any atom is -0.454 e. The Morgan fingerprint density at radius 1 is 0.730 bits per heavy atom. The highest BCUT2D eigenvalue weighted by Crippen LogP contribution is 2.32. The lowest BCUT2D eigenvalue weighted by atomic mass is 9.83. The van der Waals surface area contributed by atoms with Gasteiger partial charge in [0.25, 0.3) is 0 Å². The van der Waals surface area contributed by atoms with Crippen LogP contribution in [0.3, 0.4) is 0 Å². The van der Waals surface area contributed by atoms with Gasteiger partial charge in [0.2, 0.25) is 0 Å². The maximum Gasteiger partial charge on any atom is 0.338 e. The smallest absolute Gasteiger partial charge is 0.338 e. The number of hydrogen-bond donors (Lipinski definition) is 2. The number of aliphatic hydroxyl groups excluding tert-OH is 2. The van der Waals surface area contributed by atoms with Crippen molar-refractivity contribution >= 4 is 11.9 Å². The number of azide groups is 1. The largest absolute Gasteiger partial charge is 0.454 e. The molecule has 0 aliphatic heterocycles. The van der Waals surface area contributed by atoms with Gasteiger partial charge >= 0.3 is 11.9 Å². The number of hydrogen-bond acceptors (Lipinski definition) is 8. The van der Waals surface area contributed by atoms with Crippen molar-refractivity contribution in [3.63, 3.8) is 0 Å². The van der Waals surface area contributed by atoms with E-state index >= 15 is 0 Å². The van der Waals surface area contributed by atoms with E-state index in [4.69, 9.17) is 19.7 Å². The average Bonchev–Trinajstić information content (AvgIpc) is 2.94. The molecular weight excluding hydrogens is 478 g/mol. The molecule has 0 spiro atoms. The fourth-order valence-electron chi connectivity index (χ4n) is 4.12. The van der Waals surface area contributed by atoms with Gasteiger partial charge < -0.3 is 24.4 Å². The first-order valence-electron chi connectivity index (χ1n) is 11.6.